The van der Waals surface area contributed by atoms with Gasteiger partial charge in [-0.25, -0.2) is 0 Å². The summed E-state index contributed by atoms with van der Waals surface area (Å²) in [5, 5.41) is 8.54. The van der Waals surface area contributed by atoms with Crippen molar-refractivity contribution >= 4 is 5.91 Å². The summed E-state index contributed by atoms with van der Waals surface area (Å²) >= 11 is 0. The van der Waals surface area contributed by atoms with Crippen molar-refractivity contribution in [3.05, 3.63) is 0 Å². The number of hydrogen-bond donors (Lipinski definition) is 0. The lowest BCUT2D eigenvalue weighted by Gasteiger charge is -2.23. The lowest BCUT2D eigenvalue weighted by Crippen LogP contribution is -2.33. The molecule has 0 radical (unpaired) electrons. The number of nitrogens with zero attached hydrogens (tertiary/aromatic N) is 2. The molecule has 1 rings (SSSR count). The molecule has 0 atom stereocenters. The second-order valence-corrected chi connectivity index (χ2v) is 4.39. The van der Waals surface area contributed by atoms with E-state index in [0.29, 0.717) is 0 Å². The molecule has 0 aliphatic heterocycles. The lowest BCUT2D eigenvalue weighted by atomic mass is 9.90. The Morgan fingerprint density at radius 3 is 2.33 bits per heavy atom. The van der Waals surface area contributed by atoms with Crippen molar-refractivity contribution in [3.63, 3.8) is 0 Å². The highest BCUT2D eigenvalue weighted by molar-refractivity contribution is 5.78. The molecule has 15 heavy (non-hydrogen) atoms. The Balaban J connectivity index is 2.45. The van der Waals surface area contributed by atoms with E-state index in [1.54, 1.807) is 11.9 Å². The number of amides is 1. The van der Waals surface area contributed by atoms with Crippen LogP contribution in [0.15, 0.2) is 0 Å². The highest BCUT2D eigenvalue weighted by Gasteiger charge is 2.21. The molecule has 1 fully saturated rings. The SMILES string of the molecule is CN(CC#N)C(=O)C1CCCCCCC1. The van der Waals surface area contributed by atoms with Crippen molar-refractivity contribution < 1.29 is 4.79 Å². The average molecular weight is 208 g/mol. The van der Waals surface area contributed by atoms with Gasteiger partial charge < -0.3 is 4.90 Å². The zero-order valence-electron chi connectivity index (χ0n) is 9.54. The van der Waals surface area contributed by atoms with Gasteiger partial charge in [-0.05, 0) is 12.8 Å². The van der Waals surface area contributed by atoms with Gasteiger partial charge in [-0.1, -0.05) is 32.1 Å². The molecule has 0 bridgehead atoms. The number of carbonyl (C=O) groups excluding carboxylic acids is 1. The summed E-state index contributed by atoms with van der Waals surface area (Å²) in [6, 6.07) is 2.02. The molecule has 0 aromatic carbocycles. The third kappa shape index (κ3) is 3.91. The second kappa shape index (κ2) is 6.44. The van der Waals surface area contributed by atoms with Crippen LogP contribution in [0.3, 0.4) is 0 Å². The quantitative estimate of drug-likeness (QED) is 0.654. The summed E-state index contributed by atoms with van der Waals surface area (Å²) < 4.78 is 0. The van der Waals surface area contributed by atoms with E-state index in [2.05, 4.69) is 0 Å². The molecule has 0 aromatic rings. The topological polar surface area (TPSA) is 44.1 Å². The van der Waals surface area contributed by atoms with Crippen molar-refractivity contribution in [1.29, 1.82) is 5.26 Å². The molecule has 3 heteroatoms. The van der Waals surface area contributed by atoms with Crippen LogP contribution < -0.4 is 0 Å². The van der Waals surface area contributed by atoms with Gasteiger partial charge in [0.25, 0.3) is 0 Å². The summed E-state index contributed by atoms with van der Waals surface area (Å²) in [4.78, 5) is 13.5. The van der Waals surface area contributed by atoms with Crippen molar-refractivity contribution in [2.75, 3.05) is 13.6 Å². The van der Waals surface area contributed by atoms with Crippen LogP contribution in [0.25, 0.3) is 0 Å². The Morgan fingerprint density at radius 2 is 1.80 bits per heavy atom. The lowest BCUT2D eigenvalue weighted by molar-refractivity contribution is -0.134. The van der Waals surface area contributed by atoms with E-state index in [1.165, 1.54) is 19.3 Å². The normalized spacial score (nSPS) is 18.7. The molecular formula is C12H20N2O. The molecule has 1 aliphatic rings. The molecule has 0 heterocycles. The van der Waals surface area contributed by atoms with Crippen LogP contribution >= 0.6 is 0 Å². The summed E-state index contributed by atoms with van der Waals surface area (Å²) in [6.45, 7) is 0.218. The fourth-order valence-corrected chi connectivity index (χ4v) is 2.20. The van der Waals surface area contributed by atoms with Gasteiger partial charge in [-0.2, -0.15) is 5.26 Å². The van der Waals surface area contributed by atoms with E-state index in [-0.39, 0.29) is 18.4 Å². The Morgan fingerprint density at radius 1 is 1.27 bits per heavy atom. The van der Waals surface area contributed by atoms with Crippen LogP contribution in [-0.2, 0) is 4.79 Å². The maximum absolute atomic E-state index is 11.9. The minimum absolute atomic E-state index is 0.165. The number of hydrogen-bond acceptors (Lipinski definition) is 2. The molecule has 1 amide bonds. The van der Waals surface area contributed by atoms with E-state index in [9.17, 15) is 4.79 Å². The minimum atomic E-state index is 0.165. The molecule has 0 unspecified atom stereocenters. The average Bonchev–Trinajstić information content (AvgIpc) is 2.16. The van der Waals surface area contributed by atoms with Gasteiger partial charge >= 0.3 is 0 Å². The summed E-state index contributed by atoms with van der Waals surface area (Å²) in [5.41, 5.74) is 0. The fraction of sp³-hybridized carbons (Fsp3) is 0.833. The van der Waals surface area contributed by atoms with Gasteiger partial charge in [0.2, 0.25) is 5.91 Å². The highest BCUT2D eigenvalue weighted by atomic mass is 16.2. The maximum Gasteiger partial charge on any atom is 0.226 e. The zero-order chi connectivity index (χ0) is 11.1. The van der Waals surface area contributed by atoms with Crippen molar-refractivity contribution in [1.82, 2.24) is 4.90 Å². The van der Waals surface area contributed by atoms with Crippen molar-refractivity contribution in [2.24, 2.45) is 5.92 Å². The predicted molar refractivity (Wildman–Crippen MR) is 59.1 cm³/mol. The van der Waals surface area contributed by atoms with Crippen molar-refractivity contribution in [3.8, 4) is 6.07 Å². The highest BCUT2D eigenvalue weighted by Crippen LogP contribution is 2.23. The Labute approximate surface area is 92.1 Å². The van der Waals surface area contributed by atoms with Gasteiger partial charge in [0.15, 0.2) is 0 Å². The van der Waals surface area contributed by atoms with Gasteiger partial charge in [-0.3, -0.25) is 4.79 Å². The maximum atomic E-state index is 11.9. The molecule has 0 aromatic heterocycles. The monoisotopic (exact) mass is 208 g/mol. The Hall–Kier alpha value is -1.04. The minimum Gasteiger partial charge on any atom is -0.332 e. The molecule has 3 nitrogen and oxygen atoms in total. The van der Waals surface area contributed by atoms with E-state index < -0.39 is 0 Å². The number of carbonyl (C=O) groups is 1. The van der Waals surface area contributed by atoms with Crippen molar-refractivity contribution in [2.45, 2.75) is 44.9 Å². The van der Waals surface area contributed by atoms with Crippen LogP contribution in [0.4, 0.5) is 0 Å². The Bertz CT molecular complexity index is 236. The van der Waals surface area contributed by atoms with E-state index in [4.69, 9.17) is 5.26 Å². The first-order chi connectivity index (χ1) is 7.25. The van der Waals surface area contributed by atoms with Crippen LogP contribution in [0, 0.1) is 17.2 Å². The van der Waals surface area contributed by atoms with Gasteiger partial charge in [0.05, 0.1) is 6.07 Å². The molecule has 0 saturated heterocycles. The largest absolute Gasteiger partial charge is 0.332 e. The first-order valence-electron chi connectivity index (χ1n) is 5.87. The smallest absolute Gasteiger partial charge is 0.226 e. The first-order valence-corrected chi connectivity index (χ1v) is 5.87. The molecule has 0 spiro atoms. The third-order valence-electron chi connectivity index (χ3n) is 3.14. The third-order valence-corrected chi connectivity index (χ3v) is 3.14. The predicted octanol–water partition coefficient (Wildman–Crippen LogP) is 2.33. The van der Waals surface area contributed by atoms with Gasteiger partial charge in [0, 0.05) is 13.0 Å². The molecule has 1 saturated carbocycles. The summed E-state index contributed by atoms with van der Waals surface area (Å²) in [7, 11) is 1.73. The first kappa shape index (κ1) is 12.0. The van der Waals surface area contributed by atoms with E-state index in [1.807, 2.05) is 6.07 Å². The van der Waals surface area contributed by atoms with Gasteiger partial charge in [-0.15, -0.1) is 0 Å². The van der Waals surface area contributed by atoms with Crippen LogP contribution in [0.5, 0.6) is 0 Å². The fourth-order valence-electron chi connectivity index (χ4n) is 2.20. The standard InChI is InChI=1S/C12H20N2O/c1-14(10-9-13)12(15)11-7-5-3-2-4-6-8-11/h11H,2-8,10H2,1H3. The van der Waals surface area contributed by atoms with Crippen LogP contribution in [0.2, 0.25) is 0 Å². The molecule has 1 aliphatic carbocycles. The summed E-state index contributed by atoms with van der Waals surface area (Å²) in [5.74, 6) is 0.335. The molecular weight excluding hydrogens is 188 g/mol. The van der Waals surface area contributed by atoms with Crippen LogP contribution in [0.1, 0.15) is 44.9 Å². The van der Waals surface area contributed by atoms with E-state index in [0.717, 1.165) is 25.7 Å². The number of rotatable bonds is 2. The van der Waals surface area contributed by atoms with Crippen LogP contribution in [-0.4, -0.2) is 24.4 Å². The second-order valence-electron chi connectivity index (χ2n) is 4.39. The Kier molecular flexibility index (Phi) is 5.17. The number of nitriles is 1. The molecule has 0 N–H and O–H groups in total. The molecule has 84 valence electrons. The van der Waals surface area contributed by atoms with Gasteiger partial charge in [0.1, 0.15) is 6.54 Å². The van der Waals surface area contributed by atoms with E-state index >= 15 is 0 Å². The summed E-state index contributed by atoms with van der Waals surface area (Å²) in [6.07, 6.45) is 8.17. The zero-order valence-corrected chi connectivity index (χ0v) is 9.54.